The summed E-state index contributed by atoms with van der Waals surface area (Å²) in [6.45, 7) is 2.61. The SMILES string of the molecule is CCOc1cc(C=C(C#N)c2ccc([N+](=O)[O-])cc2)cc(I)c1OCc1ccccc1Cl. The van der Waals surface area contributed by atoms with Crippen LogP contribution in [0.15, 0.2) is 60.7 Å². The predicted octanol–water partition coefficient (Wildman–Crippen LogP) is 6.89. The Morgan fingerprint density at radius 1 is 1.19 bits per heavy atom. The highest BCUT2D eigenvalue weighted by Gasteiger charge is 2.14. The molecule has 0 spiro atoms. The third-order valence-electron chi connectivity index (χ3n) is 4.48. The molecular formula is C24H18ClIN2O4. The van der Waals surface area contributed by atoms with E-state index in [1.165, 1.54) is 12.1 Å². The molecule has 3 aromatic rings. The van der Waals surface area contributed by atoms with Gasteiger partial charge in [-0.3, -0.25) is 10.1 Å². The third-order valence-corrected chi connectivity index (χ3v) is 5.65. The van der Waals surface area contributed by atoms with Gasteiger partial charge in [0.2, 0.25) is 0 Å². The summed E-state index contributed by atoms with van der Waals surface area (Å²) in [4.78, 5) is 10.4. The molecule has 0 atom stereocenters. The van der Waals surface area contributed by atoms with Gasteiger partial charge in [0.15, 0.2) is 11.5 Å². The van der Waals surface area contributed by atoms with Crippen LogP contribution in [0.25, 0.3) is 11.6 Å². The zero-order valence-corrected chi connectivity index (χ0v) is 20.0. The van der Waals surface area contributed by atoms with Crippen LogP contribution in [0.4, 0.5) is 5.69 Å². The topological polar surface area (TPSA) is 85.4 Å². The molecule has 0 aliphatic carbocycles. The lowest BCUT2D eigenvalue weighted by Crippen LogP contribution is -2.02. The molecule has 3 rings (SSSR count). The highest BCUT2D eigenvalue weighted by atomic mass is 127. The minimum Gasteiger partial charge on any atom is -0.490 e. The van der Waals surface area contributed by atoms with E-state index in [-0.39, 0.29) is 12.3 Å². The molecule has 0 amide bonds. The maximum atomic E-state index is 10.9. The molecule has 0 bridgehead atoms. The van der Waals surface area contributed by atoms with Crippen LogP contribution in [0.2, 0.25) is 5.02 Å². The van der Waals surface area contributed by atoms with E-state index in [4.69, 9.17) is 21.1 Å². The summed E-state index contributed by atoms with van der Waals surface area (Å²) in [6.07, 6.45) is 1.71. The van der Waals surface area contributed by atoms with Gasteiger partial charge in [0.1, 0.15) is 6.61 Å². The fourth-order valence-electron chi connectivity index (χ4n) is 2.95. The molecule has 0 fully saturated rings. The van der Waals surface area contributed by atoms with E-state index in [9.17, 15) is 15.4 Å². The van der Waals surface area contributed by atoms with Crippen molar-refractivity contribution < 1.29 is 14.4 Å². The Morgan fingerprint density at radius 3 is 2.53 bits per heavy atom. The number of halogens is 2. The second-order valence-corrected chi connectivity index (χ2v) is 8.19. The van der Waals surface area contributed by atoms with Crippen molar-refractivity contribution in [2.75, 3.05) is 6.61 Å². The van der Waals surface area contributed by atoms with Gasteiger partial charge < -0.3 is 9.47 Å². The van der Waals surface area contributed by atoms with Crippen molar-refractivity contribution >= 4 is 51.5 Å². The minimum atomic E-state index is -0.475. The van der Waals surface area contributed by atoms with Gasteiger partial charge in [-0.2, -0.15) is 5.26 Å². The van der Waals surface area contributed by atoms with E-state index in [0.717, 1.165) is 14.7 Å². The first-order valence-corrected chi connectivity index (χ1v) is 11.1. The van der Waals surface area contributed by atoms with Crippen LogP contribution in [0, 0.1) is 25.0 Å². The van der Waals surface area contributed by atoms with E-state index < -0.39 is 4.92 Å². The fourth-order valence-corrected chi connectivity index (χ4v) is 3.92. The van der Waals surface area contributed by atoms with Crippen molar-refractivity contribution in [1.29, 1.82) is 5.26 Å². The molecule has 0 aromatic heterocycles. The molecule has 8 heteroatoms. The smallest absolute Gasteiger partial charge is 0.269 e. The summed E-state index contributed by atoms with van der Waals surface area (Å²) in [5, 5.41) is 21.1. The summed E-state index contributed by atoms with van der Waals surface area (Å²) < 4.78 is 12.6. The maximum absolute atomic E-state index is 10.9. The summed E-state index contributed by atoms with van der Waals surface area (Å²) in [7, 11) is 0. The number of hydrogen-bond donors (Lipinski definition) is 0. The number of nitrogens with zero attached hydrogens (tertiary/aromatic N) is 2. The molecule has 3 aromatic carbocycles. The first-order valence-electron chi connectivity index (χ1n) is 9.62. The number of ether oxygens (including phenoxy) is 2. The van der Waals surface area contributed by atoms with Crippen molar-refractivity contribution in [3.05, 3.63) is 96.1 Å². The van der Waals surface area contributed by atoms with Crippen molar-refractivity contribution in [2.24, 2.45) is 0 Å². The number of benzene rings is 3. The van der Waals surface area contributed by atoms with E-state index in [2.05, 4.69) is 28.7 Å². The lowest BCUT2D eigenvalue weighted by atomic mass is 10.0. The van der Waals surface area contributed by atoms with Crippen molar-refractivity contribution in [3.8, 4) is 17.6 Å². The zero-order chi connectivity index (χ0) is 23.1. The summed E-state index contributed by atoms with van der Waals surface area (Å²) in [5.41, 5.74) is 2.55. The summed E-state index contributed by atoms with van der Waals surface area (Å²) in [5.74, 6) is 1.15. The molecule has 0 unspecified atom stereocenters. The highest BCUT2D eigenvalue weighted by molar-refractivity contribution is 14.1. The van der Waals surface area contributed by atoms with E-state index in [1.807, 2.05) is 37.3 Å². The number of non-ortho nitro benzene ring substituents is 1. The standard InChI is InChI=1S/C24H18ClIN2O4/c1-2-31-23-13-16(11-19(14-27)17-7-9-20(10-8-17)28(29)30)12-22(26)24(23)32-15-18-5-3-4-6-21(18)25/h3-13H,2,15H2,1H3. The van der Waals surface area contributed by atoms with Crippen LogP contribution < -0.4 is 9.47 Å². The first-order chi connectivity index (χ1) is 15.4. The van der Waals surface area contributed by atoms with Crippen molar-refractivity contribution in [2.45, 2.75) is 13.5 Å². The quantitative estimate of drug-likeness (QED) is 0.0984. The average Bonchev–Trinajstić information content (AvgIpc) is 2.78. The van der Waals surface area contributed by atoms with Crippen LogP contribution in [-0.2, 0) is 6.61 Å². The van der Waals surface area contributed by atoms with Gasteiger partial charge in [0.25, 0.3) is 5.69 Å². The lowest BCUT2D eigenvalue weighted by Gasteiger charge is -2.15. The Balaban J connectivity index is 1.92. The molecule has 0 N–H and O–H groups in total. The second kappa shape index (κ2) is 11.0. The number of allylic oxidation sites excluding steroid dienone is 1. The molecule has 0 aliphatic heterocycles. The van der Waals surface area contributed by atoms with Crippen LogP contribution in [0.5, 0.6) is 11.5 Å². The number of nitriles is 1. The van der Waals surface area contributed by atoms with E-state index in [0.29, 0.717) is 34.3 Å². The molecule has 162 valence electrons. The Bertz CT molecular complexity index is 1200. The number of hydrogen-bond acceptors (Lipinski definition) is 5. The largest absolute Gasteiger partial charge is 0.490 e. The van der Waals surface area contributed by atoms with Crippen LogP contribution >= 0.6 is 34.2 Å². The second-order valence-electron chi connectivity index (χ2n) is 6.62. The van der Waals surface area contributed by atoms with Gasteiger partial charge >= 0.3 is 0 Å². The number of rotatable bonds is 8. The van der Waals surface area contributed by atoms with Crippen molar-refractivity contribution in [1.82, 2.24) is 0 Å². The van der Waals surface area contributed by atoms with E-state index >= 15 is 0 Å². The molecule has 0 radical (unpaired) electrons. The fraction of sp³-hybridized carbons (Fsp3) is 0.125. The van der Waals surface area contributed by atoms with Gasteiger partial charge in [0.05, 0.1) is 26.7 Å². The van der Waals surface area contributed by atoms with Gasteiger partial charge in [-0.1, -0.05) is 29.8 Å². The predicted molar refractivity (Wildman–Crippen MR) is 133 cm³/mol. The van der Waals surface area contributed by atoms with Crippen LogP contribution in [-0.4, -0.2) is 11.5 Å². The first kappa shape index (κ1) is 23.6. The molecule has 0 aliphatic rings. The average molecular weight is 561 g/mol. The van der Waals surface area contributed by atoms with Gasteiger partial charge in [-0.25, -0.2) is 0 Å². The van der Waals surface area contributed by atoms with Gasteiger partial charge in [-0.15, -0.1) is 0 Å². The molecule has 0 saturated heterocycles. The molecular weight excluding hydrogens is 543 g/mol. The van der Waals surface area contributed by atoms with Crippen molar-refractivity contribution in [3.63, 3.8) is 0 Å². The Labute approximate surface area is 204 Å². The molecule has 0 heterocycles. The highest BCUT2D eigenvalue weighted by Crippen LogP contribution is 2.36. The van der Waals surface area contributed by atoms with Crippen LogP contribution in [0.1, 0.15) is 23.6 Å². The molecule has 32 heavy (non-hydrogen) atoms. The Hall–Kier alpha value is -3.09. The molecule has 6 nitrogen and oxygen atoms in total. The number of nitro groups is 1. The van der Waals surface area contributed by atoms with Crippen LogP contribution in [0.3, 0.4) is 0 Å². The minimum absolute atomic E-state index is 0.0285. The Morgan fingerprint density at radius 2 is 1.91 bits per heavy atom. The number of nitro benzene ring substituents is 1. The summed E-state index contributed by atoms with van der Waals surface area (Å²) in [6, 6.07) is 19.2. The van der Waals surface area contributed by atoms with Gasteiger partial charge in [0, 0.05) is 22.7 Å². The third kappa shape index (κ3) is 5.78. The zero-order valence-electron chi connectivity index (χ0n) is 17.0. The maximum Gasteiger partial charge on any atom is 0.269 e. The molecule has 0 saturated carbocycles. The lowest BCUT2D eigenvalue weighted by molar-refractivity contribution is -0.384. The Kier molecular flexibility index (Phi) is 8.09. The van der Waals surface area contributed by atoms with E-state index in [1.54, 1.807) is 24.3 Å². The monoisotopic (exact) mass is 560 g/mol. The van der Waals surface area contributed by atoms with Gasteiger partial charge in [-0.05, 0) is 77.0 Å². The summed E-state index contributed by atoms with van der Waals surface area (Å²) >= 11 is 8.39. The normalized spacial score (nSPS) is 11.0.